The average Bonchev–Trinajstić information content (AvgIpc) is 3.45. The van der Waals surface area contributed by atoms with Crippen LogP contribution in [-0.4, -0.2) is 100 Å². The normalized spacial score (nSPS) is 33.5. The van der Waals surface area contributed by atoms with E-state index in [4.69, 9.17) is 4.52 Å². The maximum absolute atomic E-state index is 15.4. The van der Waals surface area contributed by atoms with Crippen molar-refractivity contribution in [2.24, 2.45) is 0 Å². The summed E-state index contributed by atoms with van der Waals surface area (Å²) in [5, 5.41) is 7.07. The van der Waals surface area contributed by atoms with Gasteiger partial charge in [0.15, 0.2) is 5.82 Å². The van der Waals surface area contributed by atoms with Crippen molar-refractivity contribution in [3.8, 4) is 0 Å². The van der Waals surface area contributed by atoms with Gasteiger partial charge in [-0.05, 0) is 52.1 Å². The molecule has 6 rings (SSSR count). The lowest BCUT2D eigenvalue weighted by Gasteiger charge is -2.53. The van der Waals surface area contributed by atoms with Gasteiger partial charge >= 0.3 is 6.03 Å². The number of urea groups is 1. The first-order valence-corrected chi connectivity index (χ1v) is 15.4. The second-order valence-electron chi connectivity index (χ2n) is 13.4. The van der Waals surface area contributed by atoms with Crippen LogP contribution >= 0.6 is 0 Å². The highest BCUT2D eigenvalue weighted by Crippen LogP contribution is 2.47. The molecule has 42 heavy (non-hydrogen) atoms. The minimum Gasteiger partial charge on any atom is -0.339 e. The third kappa shape index (κ3) is 5.42. The molecular formula is C31H43F3N6O2. The van der Waals surface area contributed by atoms with Crippen LogP contribution in [0.2, 0.25) is 0 Å². The molecule has 1 N–H and O–H groups in total. The number of alkyl halides is 3. The summed E-state index contributed by atoms with van der Waals surface area (Å²) in [6.07, 6.45) is 0.839. The van der Waals surface area contributed by atoms with Gasteiger partial charge in [0.05, 0.1) is 5.92 Å². The van der Waals surface area contributed by atoms with Crippen LogP contribution in [0.5, 0.6) is 0 Å². The van der Waals surface area contributed by atoms with Crippen molar-refractivity contribution in [1.29, 1.82) is 0 Å². The van der Waals surface area contributed by atoms with Crippen molar-refractivity contribution < 1.29 is 22.5 Å². The van der Waals surface area contributed by atoms with Gasteiger partial charge in [-0.15, -0.1) is 0 Å². The Labute approximate surface area is 246 Å². The third-order valence-electron chi connectivity index (χ3n) is 10.4. The number of aromatic nitrogens is 2. The summed E-state index contributed by atoms with van der Waals surface area (Å²) in [6.45, 7) is 8.47. The van der Waals surface area contributed by atoms with Crippen molar-refractivity contribution >= 4 is 6.03 Å². The standard InChI is InChI=1S/C31H43F3N6O2/c1-19(2)38(4)21-16-40(17-21)25-11-8-12-31(33,34)26(25)35-29(41)39-14-13-30(3,23(18-39)20-9-6-5-7-10-20)28-36-27(42-37-28)22-15-24(22)32/h5-7,9-10,19,21-26H,8,11-18H2,1-4H3,(H,35,41)/t22-,23?,24+,25+,26-,30?/m1/s1. The fraction of sp³-hybridized carbons (Fsp3) is 0.710. The molecule has 11 heteroatoms. The number of halogens is 3. The first-order valence-electron chi connectivity index (χ1n) is 15.4. The Morgan fingerprint density at radius 2 is 1.88 bits per heavy atom. The van der Waals surface area contributed by atoms with E-state index in [1.807, 2.05) is 37.3 Å². The van der Waals surface area contributed by atoms with Crippen molar-refractivity contribution in [1.82, 2.24) is 30.2 Å². The zero-order valence-electron chi connectivity index (χ0n) is 25.0. The SMILES string of the molecule is CC(C)N(C)C1CN([C@H]2CCCC(F)(F)[C@@H]2NC(=O)N2CCC(C)(c3noc([C@@H]4C[C@@H]4F)n3)C(c3ccccc3)C2)C1. The maximum atomic E-state index is 15.4. The number of piperidine rings is 1. The molecule has 1 aromatic heterocycles. The lowest BCUT2D eigenvalue weighted by molar-refractivity contribution is -0.112. The molecule has 4 aliphatic rings. The minimum absolute atomic E-state index is 0.200. The Kier molecular flexibility index (Phi) is 7.79. The van der Waals surface area contributed by atoms with Gasteiger partial charge in [-0.1, -0.05) is 42.4 Å². The van der Waals surface area contributed by atoms with E-state index in [1.165, 1.54) is 0 Å². The predicted molar refractivity (Wildman–Crippen MR) is 152 cm³/mol. The van der Waals surface area contributed by atoms with E-state index in [0.29, 0.717) is 62.6 Å². The molecule has 0 spiro atoms. The second-order valence-corrected chi connectivity index (χ2v) is 13.4. The Bertz CT molecular complexity index is 1250. The molecule has 230 valence electrons. The lowest BCUT2D eigenvalue weighted by Crippen LogP contribution is -2.70. The second kappa shape index (κ2) is 11.1. The molecule has 2 saturated heterocycles. The Morgan fingerprint density at radius 3 is 2.55 bits per heavy atom. The highest BCUT2D eigenvalue weighted by molar-refractivity contribution is 5.75. The van der Waals surface area contributed by atoms with Crippen LogP contribution in [0.4, 0.5) is 18.0 Å². The van der Waals surface area contributed by atoms with Gasteiger partial charge in [-0.2, -0.15) is 4.98 Å². The van der Waals surface area contributed by atoms with Crippen molar-refractivity contribution in [3.05, 3.63) is 47.6 Å². The molecule has 2 aliphatic heterocycles. The predicted octanol–water partition coefficient (Wildman–Crippen LogP) is 4.93. The van der Waals surface area contributed by atoms with Gasteiger partial charge in [0.1, 0.15) is 12.2 Å². The number of rotatable bonds is 7. The number of amides is 2. The number of nitrogens with one attached hydrogen (secondary N) is 1. The molecule has 8 nitrogen and oxygen atoms in total. The molecular weight excluding hydrogens is 545 g/mol. The van der Waals surface area contributed by atoms with Crippen LogP contribution in [0.1, 0.15) is 82.0 Å². The smallest absolute Gasteiger partial charge is 0.317 e. The van der Waals surface area contributed by atoms with Crippen molar-refractivity contribution in [3.63, 3.8) is 0 Å². The number of nitrogens with zero attached hydrogens (tertiary/aromatic N) is 5. The molecule has 2 aliphatic carbocycles. The molecule has 3 heterocycles. The largest absolute Gasteiger partial charge is 0.339 e. The molecule has 0 bridgehead atoms. The molecule has 6 atom stereocenters. The minimum atomic E-state index is -2.98. The molecule has 2 amide bonds. The van der Waals surface area contributed by atoms with E-state index in [1.54, 1.807) is 4.90 Å². The molecule has 2 unspecified atom stereocenters. The summed E-state index contributed by atoms with van der Waals surface area (Å²) >= 11 is 0. The zero-order chi connectivity index (χ0) is 29.8. The van der Waals surface area contributed by atoms with Crippen LogP contribution in [0, 0.1) is 0 Å². The Balaban J connectivity index is 1.19. The summed E-state index contributed by atoms with van der Waals surface area (Å²) in [6, 6.07) is 8.46. The number of hydrogen-bond donors (Lipinski definition) is 1. The number of hydrogen-bond acceptors (Lipinski definition) is 6. The van der Waals surface area contributed by atoms with E-state index in [0.717, 1.165) is 18.7 Å². The van der Waals surface area contributed by atoms with E-state index in [9.17, 15) is 9.18 Å². The van der Waals surface area contributed by atoms with Crippen LogP contribution in [0.15, 0.2) is 34.9 Å². The maximum Gasteiger partial charge on any atom is 0.317 e. The van der Waals surface area contributed by atoms with E-state index in [2.05, 4.69) is 46.2 Å². The number of carbonyl (C=O) groups is 1. The zero-order valence-corrected chi connectivity index (χ0v) is 25.0. The van der Waals surface area contributed by atoms with Gasteiger partial charge in [-0.25, -0.2) is 18.0 Å². The topological polar surface area (TPSA) is 77.7 Å². The molecule has 0 radical (unpaired) electrons. The van der Waals surface area contributed by atoms with Gasteiger partial charge in [0, 0.05) is 62.1 Å². The average molecular weight is 589 g/mol. The molecule has 2 saturated carbocycles. The Morgan fingerprint density at radius 1 is 1.17 bits per heavy atom. The summed E-state index contributed by atoms with van der Waals surface area (Å²) in [5.74, 6) is -2.69. The first kappa shape index (κ1) is 29.4. The van der Waals surface area contributed by atoms with Gasteiger partial charge < -0.3 is 14.7 Å². The molecule has 4 fully saturated rings. The van der Waals surface area contributed by atoms with E-state index < -0.39 is 35.6 Å². The summed E-state index contributed by atoms with van der Waals surface area (Å²) < 4.78 is 50.0. The number of likely N-dealkylation sites (N-methyl/N-ethyl adjacent to an activating group) is 1. The van der Waals surface area contributed by atoms with Gasteiger partial charge in [0.25, 0.3) is 5.92 Å². The lowest BCUT2D eigenvalue weighted by atomic mass is 9.68. The summed E-state index contributed by atoms with van der Waals surface area (Å²) in [7, 11) is 2.08. The third-order valence-corrected chi connectivity index (χ3v) is 10.4. The number of likely N-dealkylation sites (tertiary alicyclic amines) is 2. The fourth-order valence-corrected chi connectivity index (χ4v) is 7.11. The number of carbonyl (C=O) groups excluding carboxylic acids is 1. The van der Waals surface area contributed by atoms with Crippen LogP contribution < -0.4 is 5.32 Å². The van der Waals surface area contributed by atoms with E-state index >= 15 is 8.78 Å². The summed E-state index contributed by atoms with van der Waals surface area (Å²) in [5.41, 5.74) is 0.424. The van der Waals surface area contributed by atoms with Crippen LogP contribution in [0.3, 0.4) is 0 Å². The van der Waals surface area contributed by atoms with Gasteiger partial charge in [0.2, 0.25) is 5.89 Å². The highest BCUT2D eigenvalue weighted by atomic mass is 19.3. The van der Waals surface area contributed by atoms with Gasteiger partial charge in [-0.3, -0.25) is 9.80 Å². The van der Waals surface area contributed by atoms with Crippen molar-refractivity contribution in [2.75, 3.05) is 33.2 Å². The quantitative estimate of drug-likeness (QED) is 0.494. The van der Waals surface area contributed by atoms with Crippen LogP contribution in [0.25, 0.3) is 0 Å². The number of benzene rings is 1. The highest BCUT2D eigenvalue weighted by Gasteiger charge is 2.53. The van der Waals surface area contributed by atoms with E-state index in [-0.39, 0.29) is 18.3 Å². The van der Waals surface area contributed by atoms with Crippen molar-refractivity contribution in [2.45, 2.75) is 106 Å². The fourth-order valence-electron chi connectivity index (χ4n) is 7.11. The molecule has 2 aromatic rings. The first-order chi connectivity index (χ1) is 20.0. The monoisotopic (exact) mass is 588 g/mol. The Hall–Kier alpha value is -2.66. The summed E-state index contributed by atoms with van der Waals surface area (Å²) in [4.78, 5) is 24.4. The van der Waals surface area contributed by atoms with Crippen LogP contribution in [-0.2, 0) is 5.41 Å². The molecule has 1 aromatic carbocycles.